The average Bonchev–Trinajstić information content (AvgIpc) is 2.35. The summed E-state index contributed by atoms with van der Waals surface area (Å²) in [5.74, 6) is 0. The van der Waals surface area contributed by atoms with Gasteiger partial charge in [-0.25, -0.2) is 0 Å². The van der Waals surface area contributed by atoms with Crippen LogP contribution in [0.1, 0.15) is 22.7 Å². The highest BCUT2D eigenvalue weighted by Crippen LogP contribution is 2.33. The van der Waals surface area contributed by atoms with Crippen LogP contribution in [0.15, 0.2) is 40.9 Å². The first-order chi connectivity index (χ1) is 8.50. The van der Waals surface area contributed by atoms with Gasteiger partial charge in [0.25, 0.3) is 0 Å². The zero-order chi connectivity index (χ0) is 13.3. The molecule has 0 spiro atoms. The summed E-state index contributed by atoms with van der Waals surface area (Å²) in [4.78, 5) is 0. The average molecular weight is 345 g/mol. The van der Waals surface area contributed by atoms with Gasteiger partial charge in [-0.3, -0.25) is 0 Å². The standard InChI is InChI=1S/C14H12BrCl2N/c1-8-3-2-4-10(13(8)15)14(18)11-7-9(16)5-6-12(11)17/h2-7,14H,18H2,1H3. The lowest BCUT2D eigenvalue weighted by Crippen LogP contribution is -2.13. The molecule has 0 aromatic heterocycles. The highest BCUT2D eigenvalue weighted by atomic mass is 79.9. The molecule has 0 radical (unpaired) electrons. The quantitative estimate of drug-likeness (QED) is 0.804. The number of nitrogens with two attached hydrogens (primary N) is 1. The summed E-state index contributed by atoms with van der Waals surface area (Å²) in [6, 6.07) is 11.0. The first kappa shape index (κ1) is 13.9. The molecule has 0 fully saturated rings. The molecule has 0 aliphatic heterocycles. The van der Waals surface area contributed by atoms with Crippen LogP contribution in [0, 0.1) is 6.92 Å². The van der Waals surface area contributed by atoms with Crippen molar-refractivity contribution in [2.75, 3.05) is 0 Å². The Kier molecular flexibility index (Phi) is 4.33. The van der Waals surface area contributed by atoms with Crippen molar-refractivity contribution in [3.8, 4) is 0 Å². The van der Waals surface area contributed by atoms with E-state index in [1.807, 2.05) is 31.2 Å². The summed E-state index contributed by atoms with van der Waals surface area (Å²) in [7, 11) is 0. The van der Waals surface area contributed by atoms with Crippen molar-refractivity contribution < 1.29 is 0 Å². The molecule has 0 saturated carbocycles. The number of rotatable bonds is 2. The van der Waals surface area contributed by atoms with Crippen LogP contribution < -0.4 is 5.73 Å². The van der Waals surface area contributed by atoms with Gasteiger partial charge in [-0.2, -0.15) is 0 Å². The molecular formula is C14H12BrCl2N. The molecule has 0 bridgehead atoms. The van der Waals surface area contributed by atoms with Gasteiger partial charge < -0.3 is 5.73 Å². The second kappa shape index (κ2) is 5.62. The van der Waals surface area contributed by atoms with E-state index in [0.717, 1.165) is 21.2 Å². The minimum Gasteiger partial charge on any atom is -0.320 e. The molecule has 0 aliphatic carbocycles. The van der Waals surface area contributed by atoms with Gasteiger partial charge in [0.05, 0.1) is 6.04 Å². The van der Waals surface area contributed by atoms with Crippen LogP contribution in [0.5, 0.6) is 0 Å². The summed E-state index contributed by atoms with van der Waals surface area (Å²) in [6.07, 6.45) is 0. The maximum atomic E-state index is 6.28. The van der Waals surface area contributed by atoms with Crippen LogP contribution in [0.3, 0.4) is 0 Å². The molecule has 2 aromatic carbocycles. The van der Waals surface area contributed by atoms with Crippen molar-refractivity contribution in [1.82, 2.24) is 0 Å². The minimum atomic E-state index is -0.300. The van der Waals surface area contributed by atoms with Crippen molar-refractivity contribution in [3.05, 3.63) is 67.6 Å². The second-order valence-corrected chi connectivity index (χ2v) is 5.76. The van der Waals surface area contributed by atoms with Gasteiger partial charge in [0, 0.05) is 14.5 Å². The van der Waals surface area contributed by atoms with Crippen LogP contribution >= 0.6 is 39.1 Å². The first-order valence-corrected chi connectivity index (χ1v) is 7.01. The molecule has 4 heteroatoms. The molecular weight excluding hydrogens is 333 g/mol. The molecule has 0 heterocycles. The lowest BCUT2D eigenvalue weighted by Gasteiger charge is -2.17. The Bertz CT molecular complexity index is 582. The van der Waals surface area contributed by atoms with Gasteiger partial charge in [0.15, 0.2) is 0 Å². The van der Waals surface area contributed by atoms with Gasteiger partial charge in [-0.15, -0.1) is 0 Å². The Morgan fingerprint density at radius 3 is 2.56 bits per heavy atom. The van der Waals surface area contributed by atoms with Crippen molar-refractivity contribution in [2.45, 2.75) is 13.0 Å². The van der Waals surface area contributed by atoms with Crippen molar-refractivity contribution in [2.24, 2.45) is 5.73 Å². The van der Waals surface area contributed by atoms with Crippen LogP contribution in [0.25, 0.3) is 0 Å². The van der Waals surface area contributed by atoms with Crippen LogP contribution in [0.2, 0.25) is 10.0 Å². The predicted molar refractivity (Wildman–Crippen MR) is 81.4 cm³/mol. The molecule has 2 rings (SSSR count). The maximum Gasteiger partial charge on any atom is 0.0578 e. The fraction of sp³-hybridized carbons (Fsp3) is 0.143. The highest BCUT2D eigenvalue weighted by Gasteiger charge is 2.16. The lowest BCUT2D eigenvalue weighted by molar-refractivity contribution is 0.864. The molecule has 0 aliphatic rings. The van der Waals surface area contributed by atoms with Crippen molar-refractivity contribution >= 4 is 39.1 Å². The van der Waals surface area contributed by atoms with E-state index in [1.165, 1.54) is 0 Å². The van der Waals surface area contributed by atoms with Crippen LogP contribution in [-0.2, 0) is 0 Å². The smallest absolute Gasteiger partial charge is 0.0578 e. The van der Waals surface area contributed by atoms with Gasteiger partial charge in [-0.1, -0.05) is 57.3 Å². The van der Waals surface area contributed by atoms with E-state index in [-0.39, 0.29) is 6.04 Å². The second-order valence-electron chi connectivity index (χ2n) is 4.12. The van der Waals surface area contributed by atoms with Gasteiger partial charge in [-0.05, 0) is 41.8 Å². The molecule has 1 unspecified atom stereocenters. The summed E-state index contributed by atoms with van der Waals surface area (Å²) in [6.45, 7) is 2.03. The van der Waals surface area contributed by atoms with E-state index >= 15 is 0 Å². The van der Waals surface area contributed by atoms with Crippen molar-refractivity contribution in [3.63, 3.8) is 0 Å². The normalized spacial score (nSPS) is 12.5. The van der Waals surface area contributed by atoms with Crippen LogP contribution in [-0.4, -0.2) is 0 Å². The van der Waals surface area contributed by atoms with E-state index in [1.54, 1.807) is 12.1 Å². The monoisotopic (exact) mass is 343 g/mol. The Morgan fingerprint density at radius 1 is 1.11 bits per heavy atom. The highest BCUT2D eigenvalue weighted by molar-refractivity contribution is 9.10. The number of hydrogen-bond donors (Lipinski definition) is 1. The van der Waals surface area contributed by atoms with E-state index in [2.05, 4.69) is 15.9 Å². The number of benzene rings is 2. The third-order valence-corrected chi connectivity index (χ3v) is 4.51. The largest absolute Gasteiger partial charge is 0.320 e. The summed E-state index contributed by atoms with van der Waals surface area (Å²) >= 11 is 15.7. The summed E-state index contributed by atoms with van der Waals surface area (Å²) in [5, 5.41) is 1.26. The Balaban J connectivity index is 2.51. The molecule has 18 heavy (non-hydrogen) atoms. The van der Waals surface area contributed by atoms with Crippen molar-refractivity contribution in [1.29, 1.82) is 0 Å². The SMILES string of the molecule is Cc1cccc(C(N)c2cc(Cl)ccc2Cl)c1Br. The summed E-state index contributed by atoms with van der Waals surface area (Å²) < 4.78 is 1.01. The fourth-order valence-electron chi connectivity index (χ4n) is 1.83. The van der Waals surface area contributed by atoms with Crippen LogP contribution in [0.4, 0.5) is 0 Å². The third-order valence-electron chi connectivity index (χ3n) is 2.85. The Labute approximate surface area is 125 Å². The third kappa shape index (κ3) is 2.72. The molecule has 1 nitrogen and oxygen atoms in total. The zero-order valence-corrected chi connectivity index (χ0v) is 12.9. The first-order valence-electron chi connectivity index (χ1n) is 5.46. The Hall–Kier alpha value is -0.540. The topological polar surface area (TPSA) is 26.0 Å². The van der Waals surface area contributed by atoms with E-state index < -0.39 is 0 Å². The minimum absolute atomic E-state index is 0.300. The fourth-order valence-corrected chi connectivity index (χ4v) is 2.76. The van der Waals surface area contributed by atoms with Gasteiger partial charge >= 0.3 is 0 Å². The molecule has 94 valence electrons. The lowest BCUT2D eigenvalue weighted by atomic mass is 9.98. The summed E-state index contributed by atoms with van der Waals surface area (Å²) in [5.41, 5.74) is 9.25. The molecule has 2 N–H and O–H groups in total. The van der Waals surface area contributed by atoms with Gasteiger partial charge in [0.2, 0.25) is 0 Å². The molecule has 2 aromatic rings. The molecule has 0 amide bonds. The molecule has 1 atom stereocenters. The zero-order valence-electron chi connectivity index (χ0n) is 9.75. The maximum absolute atomic E-state index is 6.28. The van der Waals surface area contributed by atoms with E-state index in [4.69, 9.17) is 28.9 Å². The number of hydrogen-bond acceptors (Lipinski definition) is 1. The number of halogens is 3. The molecule has 0 saturated heterocycles. The van der Waals surface area contributed by atoms with E-state index in [9.17, 15) is 0 Å². The predicted octanol–water partition coefficient (Wildman–Crippen LogP) is 5.11. The van der Waals surface area contributed by atoms with E-state index in [0.29, 0.717) is 10.0 Å². The Morgan fingerprint density at radius 2 is 1.83 bits per heavy atom. The number of aryl methyl sites for hydroxylation is 1. The van der Waals surface area contributed by atoms with Gasteiger partial charge in [0.1, 0.15) is 0 Å².